The van der Waals surface area contributed by atoms with E-state index in [1.54, 1.807) is 6.07 Å². The Morgan fingerprint density at radius 1 is 1.29 bits per heavy atom. The Labute approximate surface area is 124 Å². The van der Waals surface area contributed by atoms with E-state index in [1.807, 2.05) is 0 Å². The van der Waals surface area contributed by atoms with Crippen molar-refractivity contribution >= 4 is 11.3 Å². The average Bonchev–Trinajstić information content (AvgIpc) is 2.89. The quantitative estimate of drug-likeness (QED) is 0.913. The minimum absolute atomic E-state index is 0.175. The van der Waals surface area contributed by atoms with Gasteiger partial charge in [-0.3, -0.25) is 0 Å². The molecule has 0 bridgehead atoms. The summed E-state index contributed by atoms with van der Waals surface area (Å²) in [5.74, 6) is 0.420. The number of hydrogen-bond donors (Lipinski definition) is 1. The Morgan fingerprint density at radius 2 is 2.05 bits per heavy atom. The molecule has 3 rings (SSSR count). The number of rotatable bonds is 2. The molecule has 6 heteroatoms. The first-order chi connectivity index (χ1) is 9.99. The first-order valence-electron chi connectivity index (χ1n) is 6.84. The molecule has 2 N–H and O–H groups in total. The van der Waals surface area contributed by atoms with Gasteiger partial charge in [0, 0.05) is 10.4 Å². The molecule has 1 aromatic heterocycles. The van der Waals surface area contributed by atoms with Crippen molar-refractivity contribution in [2.75, 3.05) is 6.54 Å². The summed E-state index contributed by atoms with van der Waals surface area (Å²) in [5, 5.41) is 0.464. The van der Waals surface area contributed by atoms with Crippen LogP contribution in [0.15, 0.2) is 24.3 Å². The van der Waals surface area contributed by atoms with Gasteiger partial charge in [0.2, 0.25) is 0 Å². The molecule has 1 heterocycles. The van der Waals surface area contributed by atoms with Crippen LogP contribution in [-0.4, -0.2) is 11.5 Å². The zero-order chi connectivity index (χ0) is 15.0. The number of nitrogens with two attached hydrogens (primary N) is 1. The molecule has 21 heavy (non-hydrogen) atoms. The Kier molecular flexibility index (Phi) is 3.75. The second-order valence-electron chi connectivity index (χ2n) is 5.28. The first kappa shape index (κ1) is 14.5. The van der Waals surface area contributed by atoms with Gasteiger partial charge in [-0.25, -0.2) is 4.98 Å². The third-order valence-electron chi connectivity index (χ3n) is 3.84. The molecule has 2 nitrogen and oxygen atoms in total. The minimum atomic E-state index is -4.36. The molecule has 0 saturated carbocycles. The van der Waals surface area contributed by atoms with Gasteiger partial charge in [0.1, 0.15) is 5.01 Å². The maximum absolute atomic E-state index is 13.1. The van der Waals surface area contributed by atoms with Crippen LogP contribution in [0.5, 0.6) is 0 Å². The topological polar surface area (TPSA) is 38.9 Å². The highest BCUT2D eigenvalue weighted by Gasteiger charge is 2.34. The van der Waals surface area contributed by atoms with Crippen LogP contribution in [0.2, 0.25) is 0 Å². The van der Waals surface area contributed by atoms with E-state index in [4.69, 9.17) is 5.73 Å². The van der Waals surface area contributed by atoms with Gasteiger partial charge < -0.3 is 5.73 Å². The van der Waals surface area contributed by atoms with Gasteiger partial charge in [0.05, 0.1) is 11.3 Å². The van der Waals surface area contributed by atoms with Crippen LogP contribution < -0.4 is 5.73 Å². The number of benzene rings is 1. The zero-order valence-electron chi connectivity index (χ0n) is 11.3. The smallest absolute Gasteiger partial charge is 0.330 e. The highest BCUT2D eigenvalue weighted by atomic mass is 32.1. The molecule has 1 aromatic carbocycles. The van der Waals surface area contributed by atoms with Gasteiger partial charge in [-0.2, -0.15) is 13.2 Å². The van der Waals surface area contributed by atoms with Crippen molar-refractivity contribution in [1.29, 1.82) is 0 Å². The van der Waals surface area contributed by atoms with Crippen LogP contribution in [0.3, 0.4) is 0 Å². The molecule has 1 aliphatic carbocycles. The summed E-state index contributed by atoms with van der Waals surface area (Å²) in [4.78, 5) is 5.53. The summed E-state index contributed by atoms with van der Waals surface area (Å²) in [5.41, 5.74) is 6.19. The Hall–Kier alpha value is -1.40. The summed E-state index contributed by atoms with van der Waals surface area (Å²) in [6.45, 7) is 0.617. The number of hydrogen-bond acceptors (Lipinski definition) is 3. The summed E-state index contributed by atoms with van der Waals surface area (Å²) >= 11 is 1.37. The van der Waals surface area contributed by atoms with Crippen molar-refractivity contribution in [3.05, 3.63) is 40.4 Å². The lowest BCUT2D eigenvalue weighted by molar-refractivity contribution is -0.137. The van der Waals surface area contributed by atoms with Crippen molar-refractivity contribution < 1.29 is 13.2 Å². The first-order valence-corrected chi connectivity index (χ1v) is 7.66. The Bertz CT molecular complexity index is 649. The van der Waals surface area contributed by atoms with E-state index < -0.39 is 11.7 Å². The summed E-state index contributed by atoms with van der Waals surface area (Å²) < 4.78 is 39.3. The van der Waals surface area contributed by atoms with Crippen molar-refractivity contribution in [3.63, 3.8) is 0 Å². The van der Waals surface area contributed by atoms with Crippen molar-refractivity contribution in [1.82, 2.24) is 4.98 Å². The number of nitrogens with zero attached hydrogens (tertiary/aromatic N) is 1. The molecule has 0 saturated heterocycles. The number of alkyl halides is 3. The monoisotopic (exact) mass is 312 g/mol. The van der Waals surface area contributed by atoms with Crippen LogP contribution >= 0.6 is 11.3 Å². The third-order valence-corrected chi connectivity index (χ3v) is 4.99. The zero-order valence-corrected chi connectivity index (χ0v) is 12.1. The molecular formula is C15H15F3N2S. The molecule has 1 unspecified atom stereocenters. The van der Waals surface area contributed by atoms with E-state index in [-0.39, 0.29) is 5.56 Å². The van der Waals surface area contributed by atoms with Crippen LogP contribution in [0.1, 0.15) is 22.6 Å². The number of fused-ring (bicyclic) bond motifs is 1. The molecule has 0 aliphatic heterocycles. The normalized spacial score (nSPS) is 18.6. The van der Waals surface area contributed by atoms with Crippen LogP contribution in [0, 0.1) is 5.92 Å². The van der Waals surface area contributed by atoms with Crippen molar-refractivity contribution in [2.45, 2.75) is 25.4 Å². The molecule has 0 spiro atoms. The SMILES string of the molecule is NCC1CCc2nc(-c3ccccc3C(F)(F)F)sc2C1. The maximum atomic E-state index is 13.1. The summed E-state index contributed by atoms with van der Waals surface area (Å²) in [6.07, 6.45) is -1.75. The molecule has 0 fully saturated rings. The summed E-state index contributed by atoms with van der Waals surface area (Å²) in [7, 11) is 0. The van der Waals surface area contributed by atoms with E-state index in [2.05, 4.69) is 4.98 Å². The van der Waals surface area contributed by atoms with Crippen molar-refractivity contribution in [2.24, 2.45) is 11.7 Å². The molecular weight excluding hydrogens is 297 g/mol. The number of halogens is 3. The molecule has 0 amide bonds. The van der Waals surface area contributed by atoms with E-state index >= 15 is 0 Å². The van der Waals surface area contributed by atoms with E-state index in [9.17, 15) is 13.2 Å². The van der Waals surface area contributed by atoms with Gasteiger partial charge in [-0.05, 0) is 37.8 Å². The fourth-order valence-electron chi connectivity index (χ4n) is 2.68. The van der Waals surface area contributed by atoms with Gasteiger partial charge in [0.15, 0.2) is 0 Å². The second-order valence-corrected chi connectivity index (χ2v) is 6.36. The number of thiazole rings is 1. The van der Waals surface area contributed by atoms with Gasteiger partial charge in [-0.1, -0.05) is 18.2 Å². The largest absolute Gasteiger partial charge is 0.417 e. The average molecular weight is 312 g/mol. The van der Waals surface area contributed by atoms with E-state index in [0.29, 0.717) is 17.5 Å². The fourth-order valence-corrected chi connectivity index (χ4v) is 3.94. The van der Waals surface area contributed by atoms with Crippen molar-refractivity contribution in [3.8, 4) is 10.6 Å². The minimum Gasteiger partial charge on any atom is -0.330 e. The molecule has 1 aliphatic rings. The number of aromatic nitrogens is 1. The molecule has 1 atom stereocenters. The highest BCUT2D eigenvalue weighted by molar-refractivity contribution is 7.15. The van der Waals surface area contributed by atoms with Crippen LogP contribution in [-0.2, 0) is 19.0 Å². The summed E-state index contributed by atoms with van der Waals surface area (Å²) in [6, 6.07) is 5.63. The van der Waals surface area contributed by atoms with Crippen LogP contribution in [0.4, 0.5) is 13.2 Å². The van der Waals surface area contributed by atoms with Gasteiger partial charge in [-0.15, -0.1) is 11.3 Å². The second kappa shape index (κ2) is 5.42. The van der Waals surface area contributed by atoms with E-state index in [0.717, 1.165) is 35.9 Å². The van der Waals surface area contributed by atoms with Gasteiger partial charge >= 0.3 is 6.18 Å². The van der Waals surface area contributed by atoms with Crippen LogP contribution in [0.25, 0.3) is 10.6 Å². The molecule has 2 aromatic rings. The lowest BCUT2D eigenvalue weighted by Crippen LogP contribution is -2.21. The third kappa shape index (κ3) is 2.82. The Balaban J connectivity index is 2.02. The standard InChI is InChI=1S/C15H15F3N2S/c16-15(17,18)11-4-2-1-3-10(11)14-20-12-6-5-9(8-19)7-13(12)21-14/h1-4,9H,5-8,19H2. The number of aryl methyl sites for hydroxylation is 1. The highest BCUT2D eigenvalue weighted by Crippen LogP contribution is 2.40. The molecule has 0 radical (unpaired) electrons. The lowest BCUT2D eigenvalue weighted by Gasteiger charge is -2.18. The van der Waals surface area contributed by atoms with Gasteiger partial charge in [0.25, 0.3) is 0 Å². The fraction of sp³-hybridized carbons (Fsp3) is 0.400. The van der Waals surface area contributed by atoms with E-state index in [1.165, 1.54) is 23.5 Å². The maximum Gasteiger partial charge on any atom is 0.417 e. The predicted octanol–water partition coefficient (Wildman–Crippen LogP) is 3.89. The lowest BCUT2D eigenvalue weighted by atomic mass is 9.91. The molecule has 112 valence electrons. The Morgan fingerprint density at radius 3 is 2.76 bits per heavy atom. The predicted molar refractivity (Wildman–Crippen MR) is 77.1 cm³/mol.